The molecule has 1 aromatic rings. The first-order valence-corrected chi connectivity index (χ1v) is 6.27. The standard InChI is InChI=1S/C10H11BrClN3O4/c1-10(2,3)19-9(16)14-8-7(15(17)18)6(12)5(11)4-13-8/h4H,1-3H3,(H,13,14,16). The number of aromatic nitrogens is 1. The molecule has 1 rings (SSSR count). The minimum Gasteiger partial charge on any atom is -0.444 e. The Labute approximate surface area is 122 Å². The predicted octanol–water partition coefficient (Wildman–Crippen LogP) is 3.75. The van der Waals surface area contributed by atoms with E-state index in [1.165, 1.54) is 6.20 Å². The van der Waals surface area contributed by atoms with E-state index in [-0.39, 0.29) is 15.3 Å². The van der Waals surface area contributed by atoms with E-state index in [1.807, 2.05) is 0 Å². The van der Waals surface area contributed by atoms with Gasteiger partial charge in [0.1, 0.15) is 10.6 Å². The Hall–Kier alpha value is -1.41. The van der Waals surface area contributed by atoms with Crippen LogP contribution in [0.1, 0.15) is 20.8 Å². The van der Waals surface area contributed by atoms with Crippen molar-refractivity contribution in [1.29, 1.82) is 0 Å². The fraction of sp³-hybridized carbons (Fsp3) is 0.400. The molecule has 0 aliphatic carbocycles. The Kier molecular flexibility index (Phi) is 4.70. The van der Waals surface area contributed by atoms with Crippen molar-refractivity contribution in [1.82, 2.24) is 4.98 Å². The summed E-state index contributed by atoms with van der Waals surface area (Å²) in [5, 5.41) is 13.0. The normalized spacial score (nSPS) is 11.0. The van der Waals surface area contributed by atoms with Gasteiger partial charge in [0.05, 0.1) is 9.40 Å². The van der Waals surface area contributed by atoms with Crippen LogP contribution in [0, 0.1) is 10.1 Å². The van der Waals surface area contributed by atoms with E-state index in [4.69, 9.17) is 16.3 Å². The average molecular weight is 353 g/mol. The Bertz CT molecular complexity index is 530. The minimum absolute atomic E-state index is 0.147. The Morgan fingerprint density at radius 1 is 1.58 bits per heavy atom. The van der Waals surface area contributed by atoms with E-state index in [9.17, 15) is 14.9 Å². The number of carbonyl (C=O) groups excluding carboxylic acids is 1. The van der Waals surface area contributed by atoms with Gasteiger partial charge in [0.25, 0.3) is 0 Å². The molecule has 1 heterocycles. The third kappa shape index (κ3) is 4.32. The number of nitro groups is 1. The minimum atomic E-state index is -0.846. The summed E-state index contributed by atoms with van der Waals surface area (Å²) in [6, 6.07) is 0. The van der Waals surface area contributed by atoms with Crippen molar-refractivity contribution in [2.24, 2.45) is 0 Å². The van der Waals surface area contributed by atoms with Crippen LogP contribution < -0.4 is 5.32 Å². The molecule has 0 saturated carbocycles. The van der Waals surface area contributed by atoms with Crippen molar-refractivity contribution >= 4 is 45.1 Å². The zero-order valence-corrected chi connectivity index (χ0v) is 12.7. The highest BCUT2D eigenvalue weighted by atomic mass is 79.9. The zero-order valence-electron chi connectivity index (χ0n) is 10.4. The molecule has 1 N–H and O–H groups in total. The summed E-state index contributed by atoms with van der Waals surface area (Å²) < 4.78 is 5.24. The predicted molar refractivity (Wildman–Crippen MR) is 73.5 cm³/mol. The molecule has 1 aromatic heterocycles. The van der Waals surface area contributed by atoms with E-state index >= 15 is 0 Å². The third-order valence-corrected chi connectivity index (χ3v) is 2.96. The van der Waals surface area contributed by atoms with Crippen LogP contribution in [0.4, 0.5) is 16.3 Å². The fourth-order valence-electron chi connectivity index (χ4n) is 1.11. The summed E-state index contributed by atoms with van der Waals surface area (Å²) in [7, 11) is 0. The van der Waals surface area contributed by atoms with Crippen LogP contribution in [0.3, 0.4) is 0 Å². The van der Waals surface area contributed by atoms with Gasteiger partial charge in [0.15, 0.2) is 0 Å². The fourth-order valence-corrected chi connectivity index (χ4v) is 1.61. The van der Waals surface area contributed by atoms with Gasteiger partial charge in [-0.25, -0.2) is 9.78 Å². The molecule has 0 aliphatic rings. The van der Waals surface area contributed by atoms with Gasteiger partial charge in [-0.05, 0) is 36.7 Å². The molecule has 19 heavy (non-hydrogen) atoms. The van der Waals surface area contributed by atoms with Crippen molar-refractivity contribution < 1.29 is 14.5 Å². The lowest BCUT2D eigenvalue weighted by Crippen LogP contribution is -2.27. The number of halogens is 2. The highest BCUT2D eigenvalue weighted by Gasteiger charge is 2.26. The maximum Gasteiger partial charge on any atom is 0.413 e. The van der Waals surface area contributed by atoms with E-state index in [0.717, 1.165) is 0 Å². The Morgan fingerprint density at radius 2 is 2.16 bits per heavy atom. The highest BCUT2D eigenvalue weighted by Crippen LogP contribution is 2.36. The molecule has 0 atom stereocenters. The van der Waals surface area contributed by atoms with Crippen molar-refractivity contribution in [2.75, 3.05) is 5.32 Å². The topological polar surface area (TPSA) is 94.4 Å². The summed E-state index contributed by atoms with van der Waals surface area (Å²) in [5.74, 6) is -0.271. The first-order chi connectivity index (χ1) is 8.61. The van der Waals surface area contributed by atoms with Crippen molar-refractivity contribution in [3.05, 3.63) is 25.8 Å². The number of nitrogens with one attached hydrogen (secondary N) is 1. The van der Waals surface area contributed by atoms with Gasteiger partial charge in [0, 0.05) is 6.20 Å². The van der Waals surface area contributed by atoms with Crippen molar-refractivity contribution in [3.63, 3.8) is 0 Å². The summed E-state index contributed by atoms with van der Waals surface area (Å²) in [5.41, 5.74) is -1.22. The largest absolute Gasteiger partial charge is 0.444 e. The van der Waals surface area contributed by atoms with Crippen LogP contribution in [-0.2, 0) is 4.74 Å². The highest BCUT2D eigenvalue weighted by molar-refractivity contribution is 9.10. The lowest BCUT2D eigenvalue weighted by atomic mass is 10.2. The smallest absolute Gasteiger partial charge is 0.413 e. The van der Waals surface area contributed by atoms with Crippen LogP contribution in [0.5, 0.6) is 0 Å². The molecule has 0 aliphatic heterocycles. The molecule has 1 amide bonds. The van der Waals surface area contributed by atoms with E-state index < -0.39 is 22.3 Å². The molecule has 9 heteroatoms. The van der Waals surface area contributed by atoms with Crippen LogP contribution in [-0.4, -0.2) is 21.6 Å². The first kappa shape index (κ1) is 15.6. The molecule has 104 valence electrons. The van der Waals surface area contributed by atoms with E-state index in [1.54, 1.807) is 20.8 Å². The van der Waals surface area contributed by atoms with Gasteiger partial charge >= 0.3 is 11.8 Å². The first-order valence-electron chi connectivity index (χ1n) is 5.10. The van der Waals surface area contributed by atoms with Gasteiger partial charge in [-0.15, -0.1) is 0 Å². The summed E-state index contributed by atoms with van der Waals surface area (Å²) in [6.45, 7) is 5.01. The quantitative estimate of drug-likeness (QED) is 0.646. The van der Waals surface area contributed by atoms with E-state index in [0.29, 0.717) is 0 Å². The van der Waals surface area contributed by atoms with Crippen molar-refractivity contribution in [2.45, 2.75) is 26.4 Å². The van der Waals surface area contributed by atoms with Gasteiger partial charge < -0.3 is 4.74 Å². The van der Waals surface area contributed by atoms with Crippen LogP contribution >= 0.6 is 27.5 Å². The summed E-state index contributed by atoms with van der Waals surface area (Å²) in [6.07, 6.45) is 0.406. The Morgan fingerprint density at radius 3 is 2.63 bits per heavy atom. The molecular formula is C10H11BrClN3O4. The van der Waals surface area contributed by atoms with Crippen LogP contribution in [0.15, 0.2) is 10.7 Å². The number of rotatable bonds is 2. The van der Waals surface area contributed by atoms with Crippen molar-refractivity contribution in [3.8, 4) is 0 Å². The number of amides is 1. The molecule has 0 bridgehead atoms. The molecule has 7 nitrogen and oxygen atoms in total. The summed E-state index contributed by atoms with van der Waals surface area (Å²) >= 11 is 8.81. The molecule has 0 unspecified atom stereocenters. The number of hydrogen-bond donors (Lipinski definition) is 1. The monoisotopic (exact) mass is 351 g/mol. The number of ether oxygens (including phenoxy) is 1. The number of anilines is 1. The van der Waals surface area contributed by atoms with Gasteiger partial charge in [-0.1, -0.05) is 11.6 Å². The van der Waals surface area contributed by atoms with Crippen LogP contribution in [0.2, 0.25) is 5.02 Å². The van der Waals surface area contributed by atoms with E-state index in [2.05, 4.69) is 26.2 Å². The molecule has 0 fully saturated rings. The molecule has 0 spiro atoms. The zero-order chi connectivity index (χ0) is 14.8. The van der Waals surface area contributed by atoms with Gasteiger partial charge in [0.2, 0.25) is 5.82 Å². The van der Waals surface area contributed by atoms with Crippen LogP contribution in [0.25, 0.3) is 0 Å². The summed E-state index contributed by atoms with van der Waals surface area (Å²) in [4.78, 5) is 25.5. The molecule has 0 saturated heterocycles. The molecule has 0 aromatic carbocycles. The average Bonchev–Trinajstić information content (AvgIpc) is 2.20. The molecular weight excluding hydrogens is 341 g/mol. The number of carbonyl (C=O) groups is 1. The lowest BCUT2D eigenvalue weighted by Gasteiger charge is -2.19. The maximum absolute atomic E-state index is 11.5. The number of hydrogen-bond acceptors (Lipinski definition) is 5. The second-order valence-corrected chi connectivity index (χ2v) is 5.73. The number of nitrogens with zero attached hydrogens (tertiary/aromatic N) is 2. The van der Waals surface area contributed by atoms with Gasteiger partial charge in [-0.2, -0.15) is 0 Å². The van der Waals surface area contributed by atoms with Gasteiger partial charge in [-0.3, -0.25) is 15.4 Å². The Balaban J connectivity index is 3.05. The maximum atomic E-state index is 11.5. The lowest BCUT2D eigenvalue weighted by molar-refractivity contribution is -0.384. The number of pyridine rings is 1. The third-order valence-electron chi connectivity index (χ3n) is 1.75. The SMILES string of the molecule is CC(C)(C)OC(=O)Nc1ncc(Br)c(Cl)c1[N+](=O)[O-]. The second kappa shape index (κ2) is 5.70. The second-order valence-electron chi connectivity index (χ2n) is 4.50. The molecule has 0 radical (unpaired) electrons.